The fraction of sp³-hybridized carbons (Fsp3) is 0.238. The number of nitrogens with zero attached hydrogens (tertiary/aromatic N) is 1. The van der Waals surface area contributed by atoms with Crippen molar-refractivity contribution in [3.05, 3.63) is 70.9 Å². The molecule has 3 aromatic rings. The quantitative estimate of drug-likeness (QED) is 0.518. The Morgan fingerprint density at radius 3 is 2.52 bits per heavy atom. The van der Waals surface area contributed by atoms with Crippen LogP contribution in [0.1, 0.15) is 40.1 Å². The molecule has 3 rings (SSSR count). The van der Waals surface area contributed by atoms with Crippen LogP contribution < -0.4 is 10.0 Å². The molecule has 1 atom stereocenters. The van der Waals surface area contributed by atoms with Gasteiger partial charge in [0.2, 0.25) is 0 Å². The molecule has 152 valence electrons. The molecule has 2 N–H and O–H groups in total. The van der Waals surface area contributed by atoms with Gasteiger partial charge in [0.25, 0.3) is 5.91 Å². The fourth-order valence-electron chi connectivity index (χ4n) is 2.97. The van der Waals surface area contributed by atoms with E-state index in [1.165, 1.54) is 30.1 Å². The average molecular weight is 419 g/mol. The highest BCUT2D eigenvalue weighted by Gasteiger charge is 2.32. The molecule has 0 fully saturated rings. The molecule has 0 saturated heterocycles. The Morgan fingerprint density at radius 1 is 1.10 bits per heavy atom. The number of rotatable bonds is 5. The highest BCUT2D eigenvalue weighted by molar-refractivity contribution is 7.99. The number of amides is 1. The Morgan fingerprint density at radius 2 is 1.86 bits per heavy atom. The summed E-state index contributed by atoms with van der Waals surface area (Å²) < 4.78 is 41.6. The molecule has 0 aliphatic rings. The minimum atomic E-state index is -4.50. The number of anilines is 1. The van der Waals surface area contributed by atoms with Crippen LogP contribution in [0.3, 0.4) is 0 Å². The number of aryl methyl sites for hydroxylation is 1. The number of pyridine rings is 1. The summed E-state index contributed by atoms with van der Waals surface area (Å²) in [6, 6.07) is 12.4. The molecule has 0 aliphatic heterocycles. The molecule has 0 bridgehead atoms. The zero-order valence-electron chi connectivity index (χ0n) is 16.1. The van der Waals surface area contributed by atoms with Gasteiger partial charge in [0.15, 0.2) is 0 Å². The summed E-state index contributed by atoms with van der Waals surface area (Å²) in [5.41, 5.74) is 2.64. The van der Waals surface area contributed by atoms with E-state index in [-0.39, 0.29) is 17.5 Å². The van der Waals surface area contributed by atoms with E-state index in [4.69, 9.17) is 0 Å². The summed E-state index contributed by atoms with van der Waals surface area (Å²) in [6.07, 6.45) is -2.56. The van der Waals surface area contributed by atoms with Gasteiger partial charge >= 0.3 is 6.18 Å². The van der Waals surface area contributed by atoms with E-state index in [0.29, 0.717) is 10.9 Å². The number of carbonyl (C=O) groups excluding carboxylic acids is 1. The second-order valence-corrected chi connectivity index (χ2v) is 7.29. The summed E-state index contributed by atoms with van der Waals surface area (Å²) >= 11 is 1.51. The molecule has 0 aliphatic carbocycles. The molecule has 4 nitrogen and oxygen atoms in total. The Balaban J connectivity index is 1.77. The van der Waals surface area contributed by atoms with Gasteiger partial charge in [0, 0.05) is 22.9 Å². The maximum Gasteiger partial charge on any atom is 0.433 e. The largest absolute Gasteiger partial charge is 0.433 e. The molecular weight excluding hydrogens is 399 g/mol. The van der Waals surface area contributed by atoms with Gasteiger partial charge in [-0.2, -0.15) is 13.2 Å². The lowest BCUT2D eigenvalue weighted by Crippen LogP contribution is -2.26. The summed E-state index contributed by atoms with van der Waals surface area (Å²) in [5, 5.41) is 3.40. The molecule has 1 heterocycles. The van der Waals surface area contributed by atoms with Crippen molar-refractivity contribution in [1.82, 2.24) is 10.3 Å². The Labute approximate surface area is 171 Å². The third-order valence-corrected chi connectivity index (χ3v) is 4.98. The van der Waals surface area contributed by atoms with Crippen molar-refractivity contribution < 1.29 is 18.0 Å². The third kappa shape index (κ3) is 4.82. The lowest BCUT2D eigenvalue weighted by atomic mass is 10.0. The number of hydrogen-bond donors (Lipinski definition) is 2. The monoisotopic (exact) mass is 419 g/mol. The predicted octanol–water partition coefficient (Wildman–Crippen LogP) is 5.74. The van der Waals surface area contributed by atoms with Crippen molar-refractivity contribution in [1.29, 1.82) is 0 Å². The number of benzene rings is 2. The lowest BCUT2D eigenvalue weighted by molar-refractivity contribution is -0.140. The number of alkyl halides is 3. The highest BCUT2D eigenvalue weighted by Crippen LogP contribution is 2.29. The number of fused-ring (bicyclic) bond motifs is 1. The second-order valence-electron chi connectivity index (χ2n) is 6.68. The Bertz CT molecular complexity index is 1050. The van der Waals surface area contributed by atoms with E-state index in [2.05, 4.69) is 15.0 Å². The van der Waals surface area contributed by atoms with Gasteiger partial charge in [0.05, 0.1) is 11.6 Å². The SMILES string of the molecule is CSNc1ccc([C@@H](C)NC(=O)c2ccc3nc(C(F)(F)F)ccc3c2)cc1C. The van der Waals surface area contributed by atoms with E-state index in [1.807, 2.05) is 38.3 Å². The minimum Gasteiger partial charge on any atom is -0.346 e. The van der Waals surface area contributed by atoms with Gasteiger partial charge in [-0.25, -0.2) is 4.98 Å². The number of halogens is 3. The van der Waals surface area contributed by atoms with E-state index < -0.39 is 11.9 Å². The van der Waals surface area contributed by atoms with Crippen LogP contribution in [-0.4, -0.2) is 17.1 Å². The van der Waals surface area contributed by atoms with Crippen LogP contribution in [0.25, 0.3) is 10.9 Å². The van der Waals surface area contributed by atoms with Crippen molar-refractivity contribution in [2.45, 2.75) is 26.1 Å². The van der Waals surface area contributed by atoms with Crippen LogP contribution in [-0.2, 0) is 6.18 Å². The van der Waals surface area contributed by atoms with Crippen LogP contribution >= 0.6 is 11.9 Å². The zero-order valence-corrected chi connectivity index (χ0v) is 16.9. The Kier molecular flexibility index (Phi) is 6.02. The van der Waals surface area contributed by atoms with Gasteiger partial charge in [-0.3, -0.25) is 4.79 Å². The first kappa shape index (κ1) is 21.0. The number of nitrogens with one attached hydrogen (secondary N) is 2. The first-order valence-corrected chi connectivity index (χ1v) is 10.1. The van der Waals surface area contributed by atoms with Crippen molar-refractivity contribution in [2.75, 3.05) is 11.0 Å². The van der Waals surface area contributed by atoms with Crippen LogP contribution in [0.2, 0.25) is 0 Å². The molecule has 0 radical (unpaired) electrons. The number of aromatic nitrogens is 1. The predicted molar refractivity (Wildman–Crippen MR) is 111 cm³/mol. The standard InChI is InChI=1S/C21H20F3N3OS/c1-12-10-14(4-7-17(12)27-29-3)13(2)25-20(28)16-5-8-18-15(11-16)6-9-19(26-18)21(22,23)24/h4-11,13,27H,1-3H3,(H,25,28)/t13-/m1/s1. The van der Waals surface area contributed by atoms with E-state index in [9.17, 15) is 18.0 Å². The molecule has 8 heteroatoms. The Hall–Kier alpha value is -2.74. The van der Waals surface area contributed by atoms with E-state index in [1.54, 1.807) is 6.07 Å². The molecule has 1 aromatic heterocycles. The lowest BCUT2D eigenvalue weighted by Gasteiger charge is -2.17. The van der Waals surface area contributed by atoms with Gasteiger partial charge in [-0.05, 0) is 55.3 Å². The van der Waals surface area contributed by atoms with Gasteiger partial charge in [-0.1, -0.05) is 30.1 Å². The van der Waals surface area contributed by atoms with Crippen molar-refractivity contribution in [3.8, 4) is 0 Å². The average Bonchev–Trinajstić information content (AvgIpc) is 2.68. The van der Waals surface area contributed by atoms with Gasteiger partial charge in [0.1, 0.15) is 5.69 Å². The van der Waals surface area contributed by atoms with Gasteiger partial charge < -0.3 is 10.0 Å². The minimum absolute atomic E-state index is 0.192. The summed E-state index contributed by atoms with van der Waals surface area (Å²) in [6.45, 7) is 3.87. The normalized spacial score (nSPS) is 12.6. The first-order valence-electron chi connectivity index (χ1n) is 8.87. The number of hydrogen-bond acceptors (Lipinski definition) is 4. The molecule has 0 unspecified atom stereocenters. The molecule has 0 spiro atoms. The van der Waals surface area contributed by atoms with E-state index >= 15 is 0 Å². The van der Waals surface area contributed by atoms with Crippen LogP contribution in [0, 0.1) is 6.92 Å². The van der Waals surface area contributed by atoms with Crippen LogP contribution in [0.15, 0.2) is 48.5 Å². The molecule has 0 saturated carbocycles. The van der Waals surface area contributed by atoms with E-state index in [0.717, 1.165) is 22.9 Å². The third-order valence-electron chi connectivity index (χ3n) is 4.55. The first-order chi connectivity index (χ1) is 13.7. The van der Waals surface area contributed by atoms with Crippen molar-refractivity contribution >= 4 is 34.4 Å². The molecule has 29 heavy (non-hydrogen) atoms. The molecule has 2 aromatic carbocycles. The van der Waals surface area contributed by atoms with Crippen LogP contribution in [0.4, 0.5) is 18.9 Å². The topological polar surface area (TPSA) is 54.0 Å². The molecular formula is C21H20F3N3OS. The van der Waals surface area contributed by atoms with Crippen molar-refractivity contribution in [3.63, 3.8) is 0 Å². The zero-order chi connectivity index (χ0) is 21.2. The van der Waals surface area contributed by atoms with Gasteiger partial charge in [-0.15, -0.1) is 0 Å². The maximum atomic E-state index is 12.8. The summed E-state index contributed by atoms with van der Waals surface area (Å²) in [5.74, 6) is -0.303. The van der Waals surface area contributed by atoms with Crippen LogP contribution in [0.5, 0.6) is 0 Å². The summed E-state index contributed by atoms with van der Waals surface area (Å²) in [7, 11) is 0. The fourth-order valence-corrected chi connectivity index (χ4v) is 3.42. The number of carbonyl (C=O) groups is 1. The highest BCUT2D eigenvalue weighted by atomic mass is 32.2. The molecule has 1 amide bonds. The maximum absolute atomic E-state index is 12.8. The summed E-state index contributed by atoms with van der Waals surface area (Å²) in [4.78, 5) is 16.2. The second kappa shape index (κ2) is 8.32. The van der Waals surface area contributed by atoms with Crippen molar-refractivity contribution in [2.24, 2.45) is 0 Å². The smallest absolute Gasteiger partial charge is 0.346 e.